The van der Waals surface area contributed by atoms with Gasteiger partial charge in [-0.25, -0.2) is 0 Å². The van der Waals surface area contributed by atoms with Crippen LogP contribution in [-0.2, 0) is 10.8 Å². The fourth-order valence-corrected chi connectivity index (χ4v) is 2.03. The molecule has 0 aliphatic rings. The number of hydrogen-bond donors (Lipinski definition) is 1. The molecule has 76 valence electrons. The van der Waals surface area contributed by atoms with Gasteiger partial charge in [-0.3, -0.25) is 4.21 Å². The van der Waals surface area contributed by atoms with Crippen molar-refractivity contribution in [2.24, 2.45) is 0 Å². The van der Waals surface area contributed by atoms with Crippen molar-refractivity contribution in [3.05, 3.63) is 0 Å². The summed E-state index contributed by atoms with van der Waals surface area (Å²) in [4.78, 5) is 0. The number of nitriles is 1. The van der Waals surface area contributed by atoms with Crippen molar-refractivity contribution in [1.29, 1.82) is 5.26 Å². The molecule has 3 unspecified atom stereocenters. The summed E-state index contributed by atoms with van der Waals surface area (Å²) in [6, 6.07) is 2.60. The SMILES string of the molecule is CCC(CC#N)NC(C)CS(C)=O. The van der Waals surface area contributed by atoms with Crippen LogP contribution in [0.25, 0.3) is 0 Å². The molecule has 0 saturated carbocycles. The molecule has 3 atom stereocenters. The van der Waals surface area contributed by atoms with Gasteiger partial charge in [-0.1, -0.05) is 6.92 Å². The monoisotopic (exact) mass is 202 g/mol. The van der Waals surface area contributed by atoms with Crippen LogP contribution < -0.4 is 5.32 Å². The Morgan fingerprint density at radius 1 is 1.62 bits per heavy atom. The molecule has 0 fully saturated rings. The summed E-state index contributed by atoms with van der Waals surface area (Å²) in [5, 5.41) is 11.8. The van der Waals surface area contributed by atoms with E-state index in [0.717, 1.165) is 6.42 Å². The number of nitrogens with zero attached hydrogens (tertiary/aromatic N) is 1. The number of hydrogen-bond acceptors (Lipinski definition) is 3. The smallest absolute Gasteiger partial charge is 0.0638 e. The van der Waals surface area contributed by atoms with Gasteiger partial charge in [0.05, 0.1) is 12.5 Å². The van der Waals surface area contributed by atoms with Gasteiger partial charge in [0, 0.05) is 34.9 Å². The van der Waals surface area contributed by atoms with Gasteiger partial charge in [0.15, 0.2) is 0 Å². The van der Waals surface area contributed by atoms with Gasteiger partial charge in [-0.2, -0.15) is 5.26 Å². The van der Waals surface area contributed by atoms with Crippen molar-refractivity contribution >= 4 is 10.8 Å². The van der Waals surface area contributed by atoms with Crippen LogP contribution in [0.2, 0.25) is 0 Å². The van der Waals surface area contributed by atoms with E-state index in [4.69, 9.17) is 5.26 Å². The molecule has 0 heterocycles. The summed E-state index contributed by atoms with van der Waals surface area (Å²) < 4.78 is 10.9. The Balaban J connectivity index is 3.80. The Bertz CT molecular complexity index is 200. The van der Waals surface area contributed by atoms with E-state index in [-0.39, 0.29) is 12.1 Å². The van der Waals surface area contributed by atoms with Gasteiger partial charge in [0.1, 0.15) is 0 Å². The standard InChI is InChI=1S/C9H18N2OS/c1-4-9(5-6-10)11-8(2)7-13(3)12/h8-9,11H,4-5,7H2,1-3H3. The van der Waals surface area contributed by atoms with E-state index < -0.39 is 10.8 Å². The van der Waals surface area contributed by atoms with Crippen molar-refractivity contribution in [2.75, 3.05) is 12.0 Å². The molecular weight excluding hydrogens is 184 g/mol. The minimum Gasteiger partial charge on any atom is -0.310 e. The summed E-state index contributed by atoms with van der Waals surface area (Å²) in [6.07, 6.45) is 3.16. The minimum atomic E-state index is -0.763. The first kappa shape index (κ1) is 12.6. The van der Waals surface area contributed by atoms with Crippen molar-refractivity contribution in [3.8, 4) is 6.07 Å². The summed E-state index contributed by atoms with van der Waals surface area (Å²) in [7, 11) is -0.763. The van der Waals surface area contributed by atoms with Crippen molar-refractivity contribution in [1.82, 2.24) is 5.32 Å². The second-order valence-corrected chi connectivity index (χ2v) is 4.75. The third kappa shape index (κ3) is 6.73. The van der Waals surface area contributed by atoms with Crippen LogP contribution >= 0.6 is 0 Å². The highest BCUT2D eigenvalue weighted by Gasteiger charge is 2.10. The molecule has 0 spiro atoms. The van der Waals surface area contributed by atoms with E-state index in [1.165, 1.54) is 0 Å². The average Bonchev–Trinajstić information content (AvgIpc) is 2.02. The molecule has 4 heteroatoms. The number of rotatable bonds is 6. The molecule has 0 amide bonds. The Kier molecular flexibility index (Phi) is 6.83. The molecule has 1 N–H and O–H groups in total. The van der Waals surface area contributed by atoms with Crippen molar-refractivity contribution in [2.45, 2.75) is 38.8 Å². The molecule has 0 radical (unpaired) electrons. The molecule has 13 heavy (non-hydrogen) atoms. The van der Waals surface area contributed by atoms with Crippen LogP contribution in [0.1, 0.15) is 26.7 Å². The highest BCUT2D eigenvalue weighted by Crippen LogP contribution is 1.98. The summed E-state index contributed by atoms with van der Waals surface area (Å²) in [5.41, 5.74) is 0. The zero-order chi connectivity index (χ0) is 10.3. The van der Waals surface area contributed by atoms with E-state index in [2.05, 4.69) is 11.4 Å². The normalized spacial score (nSPS) is 17.4. The van der Waals surface area contributed by atoms with Crippen LogP contribution in [0.4, 0.5) is 0 Å². The van der Waals surface area contributed by atoms with Crippen LogP contribution in [0.15, 0.2) is 0 Å². The van der Waals surface area contributed by atoms with E-state index in [1.54, 1.807) is 6.26 Å². The highest BCUT2D eigenvalue weighted by atomic mass is 32.2. The van der Waals surface area contributed by atoms with E-state index >= 15 is 0 Å². The first-order valence-corrected chi connectivity index (χ1v) is 6.25. The molecule has 0 aliphatic carbocycles. The lowest BCUT2D eigenvalue weighted by atomic mass is 10.1. The van der Waals surface area contributed by atoms with E-state index in [0.29, 0.717) is 12.2 Å². The van der Waals surface area contributed by atoms with E-state index in [9.17, 15) is 4.21 Å². The Morgan fingerprint density at radius 2 is 2.23 bits per heavy atom. The molecule has 0 saturated heterocycles. The predicted molar refractivity (Wildman–Crippen MR) is 55.8 cm³/mol. The second kappa shape index (κ2) is 7.05. The summed E-state index contributed by atoms with van der Waals surface area (Å²) >= 11 is 0. The first-order chi connectivity index (χ1) is 6.10. The van der Waals surface area contributed by atoms with Crippen LogP contribution in [0.3, 0.4) is 0 Å². The molecule has 0 aromatic rings. The highest BCUT2D eigenvalue weighted by molar-refractivity contribution is 7.84. The minimum absolute atomic E-state index is 0.226. The van der Waals surface area contributed by atoms with Gasteiger partial charge in [0.25, 0.3) is 0 Å². The summed E-state index contributed by atoms with van der Waals surface area (Å²) in [6.45, 7) is 4.05. The Hall–Kier alpha value is -0.400. The predicted octanol–water partition coefficient (Wildman–Crippen LogP) is 1.04. The Morgan fingerprint density at radius 3 is 2.62 bits per heavy atom. The zero-order valence-electron chi connectivity index (χ0n) is 8.54. The maximum absolute atomic E-state index is 10.9. The largest absolute Gasteiger partial charge is 0.310 e. The van der Waals surface area contributed by atoms with Gasteiger partial charge >= 0.3 is 0 Å². The van der Waals surface area contributed by atoms with Crippen LogP contribution in [0, 0.1) is 11.3 Å². The fraction of sp³-hybridized carbons (Fsp3) is 0.889. The fourth-order valence-electron chi connectivity index (χ4n) is 1.23. The zero-order valence-corrected chi connectivity index (χ0v) is 9.36. The molecule has 0 rings (SSSR count). The van der Waals surface area contributed by atoms with Crippen LogP contribution in [0.5, 0.6) is 0 Å². The third-order valence-corrected chi connectivity index (χ3v) is 2.80. The molecule has 3 nitrogen and oxygen atoms in total. The average molecular weight is 202 g/mol. The lowest BCUT2D eigenvalue weighted by Gasteiger charge is -2.19. The molecular formula is C9H18N2OS. The maximum atomic E-state index is 10.9. The van der Waals surface area contributed by atoms with Gasteiger partial charge in [-0.15, -0.1) is 0 Å². The second-order valence-electron chi connectivity index (χ2n) is 3.27. The van der Waals surface area contributed by atoms with E-state index in [1.807, 2.05) is 13.8 Å². The van der Waals surface area contributed by atoms with Crippen molar-refractivity contribution in [3.63, 3.8) is 0 Å². The van der Waals surface area contributed by atoms with Gasteiger partial charge in [-0.05, 0) is 13.3 Å². The Labute approximate surface area is 83.0 Å². The molecule has 0 bridgehead atoms. The molecule has 0 aromatic carbocycles. The number of nitrogens with one attached hydrogen (secondary N) is 1. The third-order valence-electron chi connectivity index (χ3n) is 1.84. The van der Waals surface area contributed by atoms with Crippen molar-refractivity contribution < 1.29 is 4.21 Å². The van der Waals surface area contributed by atoms with Crippen LogP contribution in [-0.4, -0.2) is 28.3 Å². The lowest BCUT2D eigenvalue weighted by Crippen LogP contribution is -2.38. The summed E-state index contributed by atoms with van der Waals surface area (Å²) in [5.74, 6) is 0.655. The lowest BCUT2D eigenvalue weighted by molar-refractivity contribution is 0.459. The van der Waals surface area contributed by atoms with Gasteiger partial charge in [0.2, 0.25) is 0 Å². The first-order valence-electron chi connectivity index (χ1n) is 4.53. The quantitative estimate of drug-likeness (QED) is 0.700. The molecule has 0 aromatic heterocycles. The topological polar surface area (TPSA) is 52.9 Å². The van der Waals surface area contributed by atoms with Gasteiger partial charge < -0.3 is 5.32 Å². The maximum Gasteiger partial charge on any atom is 0.0638 e. The molecule has 0 aliphatic heterocycles.